The predicted octanol–water partition coefficient (Wildman–Crippen LogP) is 17.0. The fourth-order valence-electron chi connectivity index (χ4n) is 8.01. The Morgan fingerprint density at radius 1 is 0.528 bits per heavy atom. The summed E-state index contributed by atoms with van der Waals surface area (Å²) < 4.78 is 11.9. The largest absolute Gasteiger partial charge is 0.288 e. The summed E-state index contributed by atoms with van der Waals surface area (Å²) in [5, 5.41) is 0. The molecule has 1 aromatic carbocycles. The molecule has 0 saturated heterocycles. The second-order valence-corrected chi connectivity index (χ2v) is 26.8. The Kier molecular flexibility index (Phi) is 16.4. The smallest absolute Gasteiger partial charge is 0.265 e. The number of unbranched alkanes of at least 4 members (excludes halogenated alkanes) is 8. The van der Waals surface area contributed by atoms with Crippen molar-refractivity contribution in [2.75, 3.05) is 23.0 Å². The first-order valence-electron chi connectivity index (χ1n) is 20.0. The third kappa shape index (κ3) is 9.83. The minimum Gasteiger partial charge on any atom is -0.265 e. The highest BCUT2D eigenvalue weighted by Gasteiger charge is 2.53. The minimum absolute atomic E-state index is 0.221. The Balaban J connectivity index is 1.30. The molecule has 1 fully saturated rings. The van der Waals surface area contributed by atoms with Gasteiger partial charge in [-0.25, -0.2) is 0 Å². The molecule has 3 aliphatic carbocycles. The molecular formula is C42H54OS10. The Labute approximate surface area is 361 Å². The van der Waals surface area contributed by atoms with Gasteiger partial charge in [0, 0.05) is 9.40 Å². The molecule has 4 atom stereocenters. The van der Waals surface area contributed by atoms with Crippen LogP contribution in [0.5, 0.6) is 0 Å². The Morgan fingerprint density at radius 2 is 0.868 bits per heavy atom. The fourth-order valence-corrected chi connectivity index (χ4v) is 22.4. The Hall–Kier alpha value is 0.830. The van der Waals surface area contributed by atoms with Crippen LogP contribution in [0.3, 0.4) is 0 Å². The molecule has 1 aromatic heterocycles. The van der Waals surface area contributed by atoms with E-state index in [2.05, 4.69) is 146 Å². The van der Waals surface area contributed by atoms with Crippen molar-refractivity contribution in [1.82, 2.24) is 0 Å². The van der Waals surface area contributed by atoms with Crippen LogP contribution in [0.25, 0.3) is 20.5 Å². The van der Waals surface area contributed by atoms with Crippen LogP contribution >= 0.6 is 117 Å². The molecule has 2 aliphatic heterocycles. The van der Waals surface area contributed by atoms with E-state index in [0.717, 1.165) is 0 Å². The van der Waals surface area contributed by atoms with Crippen molar-refractivity contribution in [3.63, 3.8) is 0 Å². The lowest BCUT2D eigenvalue weighted by Gasteiger charge is -2.40. The van der Waals surface area contributed by atoms with Gasteiger partial charge in [0.05, 0.1) is 25.4 Å². The molecule has 53 heavy (non-hydrogen) atoms. The highest BCUT2D eigenvalue weighted by atomic mass is 32.3. The van der Waals surface area contributed by atoms with E-state index in [0.29, 0.717) is 23.7 Å². The van der Waals surface area contributed by atoms with Gasteiger partial charge in [0.25, 0.3) is 4.06 Å². The molecule has 3 heterocycles. The molecule has 0 radical (unpaired) electrons. The molecule has 5 aliphatic rings. The average Bonchev–Trinajstić information content (AvgIpc) is 4.00. The highest BCUT2D eigenvalue weighted by Crippen LogP contribution is 2.70. The third-order valence-electron chi connectivity index (χ3n) is 10.6. The van der Waals surface area contributed by atoms with Gasteiger partial charge in [0.15, 0.2) is 0 Å². The molecule has 2 bridgehead atoms. The molecule has 1 saturated carbocycles. The van der Waals surface area contributed by atoms with Gasteiger partial charge in [-0.1, -0.05) is 161 Å². The quantitative estimate of drug-likeness (QED) is 0.0947. The molecule has 288 valence electrons. The lowest BCUT2D eigenvalue weighted by Crippen LogP contribution is -2.28. The van der Waals surface area contributed by atoms with Crippen molar-refractivity contribution in [1.29, 1.82) is 0 Å². The number of allylic oxidation sites excluding steroid dienone is 4. The summed E-state index contributed by atoms with van der Waals surface area (Å²) in [5.41, 5.74) is 6.07. The van der Waals surface area contributed by atoms with Gasteiger partial charge in [-0.2, -0.15) is 0 Å². The maximum atomic E-state index is 12.9. The summed E-state index contributed by atoms with van der Waals surface area (Å²) in [4.78, 5) is 12.9. The molecule has 11 heteroatoms. The number of rotatable bonds is 20. The minimum atomic E-state index is 0.221. The van der Waals surface area contributed by atoms with E-state index in [9.17, 15) is 4.79 Å². The topological polar surface area (TPSA) is 17.1 Å². The maximum Gasteiger partial charge on any atom is 0.288 e. The standard InChI is InChI=1S/C42H54OS10/c1-5-9-13-19-44-38-39(45-20-14-10-6-2)51-36(50-38)34-28-24-30-31(49-42(43)48-30)25-29(28)35(33-27-18-17-26(23-27)32(33)34)37-52-40(46-21-15-11-7-3)41(53-37)47-22-16-12-8-4/h17-18,24-27,32-33H,5-16,19-23H2,1-4H3. The van der Waals surface area contributed by atoms with E-state index < -0.39 is 0 Å². The van der Waals surface area contributed by atoms with E-state index in [1.54, 1.807) is 28.1 Å². The zero-order valence-corrected chi connectivity index (χ0v) is 39.8. The summed E-state index contributed by atoms with van der Waals surface area (Å²) in [6.07, 6.45) is 22.0. The van der Waals surface area contributed by atoms with Crippen LogP contribution in [-0.4, -0.2) is 23.0 Å². The van der Waals surface area contributed by atoms with Gasteiger partial charge in [0.1, 0.15) is 0 Å². The Bertz CT molecular complexity index is 1650. The number of hydrogen-bond donors (Lipinski definition) is 0. The van der Waals surface area contributed by atoms with Crippen LogP contribution in [0.4, 0.5) is 0 Å². The van der Waals surface area contributed by atoms with E-state index in [4.69, 9.17) is 0 Å². The van der Waals surface area contributed by atoms with Crippen LogP contribution < -0.4 is 4.06 Å². The molecule has 1 nitrogen and oxygen atoms in total. The van der Waals surface area contributed by atoms with E-state index in [1.165, 1.54) is 158 Å². The highest BCUT2D eigenvalue weighted by molar-refractivity contribution is 8.41. The first-order valence-corrected chi connectivity index (χ1v) is 28.8. The number of fused-ring (bicyclic) bond motifs is 7. The zero-order chi connectivity index (χ0) is 36.7. The first kappa shape index (κ1) is 42.0. The number of thioether (sulfide) groups is 8. The van der Waals surface area contributed by atoms with Crippen molar-refractivity contribution >= 4 is 137 Å². The van der Waals surface area contributed by atoms with Crippen LogP contribution in [-0.2, 0) is 0 Å². The monoisotopic (exact) mass is 894 g/mol. The SMILES string of the molecule is CCCCCSC1=C(SCCCCC)SC(=C2c3cc4sc(=O)sc4cc3C(=C3SC(SCCCCC)=C(SCCCCC)S3)C3C4C=CC(C4)C23)S1. The van der Waals surface area contributed by atoms with Crippen molar-refractivity contribution in [2.24, 2.45) is 23.7 Å². The Morgan fingerprint density at radius 3 is 1.19 bits per heavy atom. The summed E-state index contributed by atoms with van der Waals surface area (Å²) in [7, 11) is 0. The van der Waals surface area contributed by atoms with Crippen molar-refractivity contribution in [2.45, 2.75) is 111 Å². The zero-order valence-electron chi connectivity index (χ0n) is 31.6. The lowest BCUT2D eigenvalue weighted by atomic mass is 9.66. The summed E-state index contributed by atoms with van der Waals surface area (Å²) in [6, 6.07) is 4.92. The lowest BCUT2D eigenvalue weighted by molar-refractivity contribution is 0.467. The summed E-state index contributed by atoms with van der Waals surface area (Å²) >= 11 is 19.8. The van der Waals surface area contributed by atoms with Crippen LogP contribution in [0.1, 0.15) is 122 Å². The van der Waals surface area contributed by atoms with Crippen LogP contribution in [0.2, 0.25) is 0 Å². The van der Waals surface area contributed by atoms with Gasteiger partial charge in [-0.15, -0.1) is 47.0 Å². The van der Waals surface area contributed by atoms with Crippen molar-refractivity contribution < 1.29 is 0 Å². The normalized spacial score (nSPS) is 23.5. The van der Waals surface area contributed by atoms with E-state index in [-0.39, 0.29) is 4.06 Å². The number of hydrogen-bond acceptors (Lipinski definition) is 11. The van der Waals surface area contributed by atoms with Gasteiger partial charge < -0.3 is 0 Å². The van der Waals surface area contributed by atoms with Crippen LogP contribution in [0, 0.1) is 23.7 Å². The molecule has 4 unspecified atom stereocenters. The number of benzene rings is 1. The molecule has 0 amide bonds. The summed E-state index contributed by atoms with van der Waals surface area (Å²) in [6.45, 7) is 9.25. The first-order chi connectivity index (χ1) is 26.0. The van der Waals surface area contributed by atoms with E-state index >= 15 is 0 Å². The van der Waals surface area contributed by atoms with Gasteiger partial charge >= 0.3 is 0 Å². The fraction of sp³-hybridized carbons (Fsp3) is 0.595. The average molecular weight is 896 g/mol. The third-order valence-corrected chi connectivity index (χ3v) is 24.2. The van der Waals surface area contributed by atoms with Crippen LogP contribution in [0.15, 0.2) is 54.5 Å². The van der Waals surface area contributed by atoms with E-state index in [1.807, 2.05) is 0 Å². The molecule has 2 aromatic rings. The second kappa shape index (κ2) is 20.7. The molecule has 7 rings (SSSR count). The van der Waals surface area contributed by atoms with Gasteiger partial charge in [-0.3, -0.25) is 4.79 Å². The summed E-state index contributed by atoms with van der Waals surface area (Å²) in [5.74, 6) is 7.04. The van der Waals surface area contributed by atoms with Gasteiger partial charge in [-0.05, 0) is 113 Å². The molecule has 0 spiro atoms. The predicted molar refractivity (Wildman–Crippen MR) is 260 cm³/mol. The molecular weight excluding hydrogens is 841 g/mol. The second-order valence-electron chi connectivity index (χ2n) is 14.5. The molecule has 0 N–H and O–H groups in total. The van der Waals surface area contributed by atoms with Gasteiger partial charge in [0.2, 0.25) is 0 Å². The van der Waals surface area contributed by atoms with Crippen molar-refractivity contribution in [3.05, 3.63) is 69.7 Å². The maximum absolute atomic E-state index is 12.9. The van der Waals surface area contributed by atoms with Crippen molar-refractivity contribution in [3.8, 4) is 0 Å².